The molecule has 2 aliphatic rings. The summed E-state index contributed by atoms with van der Waals surface area (Å²) < 4.78 is 17.1. The van der Waals surface area contributed by atoms with Gasteiger partial charge in [-0.05, 0) is 19.4 Å². The van der Waals surface area contributed by atoms with Crippen molar-refractivity contribution in [3.05, 3.63) is 35.4 Å². The largest absolute Gasteiger partial charge is 0.379 e. The molecule has 2 fully saturated rings. The zero-order chi connectivity index (χ0) is 17.0. The van der Waals surface area contributed by atoms with Crippen molar-refractivity contribution in [3.8, 4) is 0 Å². The second kappa shape index (κ2) is 7.64. The van der Waals surface area contributed by atoms with Gasteiger partial charge in [0.15, 0.2) is 0 Å². The third-order valence-corrected chi connectivity index (χ3v) is 4.88. The van der Waals surface area contributed by atoms with Gasteiger partial charge in [0, 0.05) is 19.6 Å². The molecule has 2 aliphatic heterocycles. The Morgan fingerprint density at radius 1 is 1.33 bits per heavy atom. The summed E-state index contributed by atoms with van der Waals surface area (Å²) in [6, 6.07) is 8.16. The number of amides is 1. The van der Waals surface area contributed by atoms with Gasteiger partial charge >= 0.3 is 0 Å². The zero-order valence-electron chi connectivity index (χ0n) is 14.6. The van der Waals surface area contributed by atoms with Crippen molar-refractivity contribution in [2.24, 2.45) is 0 Å². The smallest absolute Gasteiger partial charge is 0.227 e. The molecule has 1 amide bonds. The molecule has 0 aromatic heterocycles. The van der Waals surface area contributed by atoms with E-state index in [1.54, 1.807) is 0 Å². The van der Waals surface area contributed by atoms with E-state index in [9.17, 15) is 4.79 Å². The van der Waals surface area contributed by atoms with Crippen LogP contribution in [0.15, 0.2) is 24.3 Å². The lowest BCUT2D eigenvalue weighted by molar-refractivity contribution is -0.148. The minimum absolute atomic E-state index is 0.0429. The Morgan fingerprint density at radius 2 is 2.12 bits per heavy atom. The number of aryl methyl sites for hydroxylation is 1. The Labute approximate surface area is 143 Å². The molecule has 1 spiro atoms. The average Bonchev–Trinajstić information content (AvgIpc) is 2.98. The topological polar surface area (TPSA) is 48.0 Å². The van der Waals surface area contributed by atoms with Crippen molar-refractivity contribution in [1.82, 2.24) is 4.90 Å². The summed E-state index contributed by atoms with van der Waals surface area (Å²) in [5.41, 5.74) is 1.93. The molecule has 0 N–H and O–H groups in total. The van der Waals surface area contributed by atoms with Gasteiger partial charge in [0.2, 0.25) is 5.91 Å². The van der Waals surface area contributed by atoms with Crippen LogP contribution in [0.2, 0.25) is 0 Å². The van der Waals surface area contributed by atoms with E-state index in [0.717, 1.165) is 12.0 Å². The summed E-state index contributed by atoms with van der Waals surface area (Å²) in [5, 5.41) is 0. The molecule has 2 heterocycles. The number of ether oxygens (including phenoxy) is 3. The maximum Gasteiger partial charge on any atom is 0.227 e. The highest BCUT2D eigenvalue weighted by atomic mass is 16.5. The van der Waals surface area contributed by atoms with E-state index in [4.69, 9.17) is 14.2 Å². The third-order valence-electron chi connectivity index (χ3n) is 4.88. The summed E-state index contributed by atoms with van der Waals surface area (Å²) in [6.45, 7) is 7.60. The van der Waals surface area contributed by atoms with Crippen LogP contribution in [0.4, 0.5) is 0 Å². The highest BCUT2D eigenvalue weighted by Crippen LogP contribution is 2.33. The van der Waals surface area contributed by atoms with Crippen molar-refractivity contribution in [2.45, 2.75) is 38.3 Å². The van der Waals surface area contributed by atoms with Gasteiger partial charge in [0.05, 0.1) is 44.5 Å². The van der Waals surface area contributed by atoms with Gasteiger partial charge in [-0.2, -0.15) is 0 Å². The normalized spacial score (nSPS) is 26.9. The van der Waals surface area contributed by atoms with E-state index in [1.165, 1.54) is 5.56 Å². The lowest BCUT2D eigenvalue weighted by atomic mass is 9.92. The Balaban J connectivity index is 1.68. The monoisotopic (exact) mass is 333 g/mol. The molecule has 24 heavy (non-hydrogen) atoms. The minimum atomic E-state index is -0.332. The molecule has 132 valence electrons. The van der Waals surface area contributed by atoms with E-state index < -0.39 is 0 Å². The first kappa shape index (κ1) is 17.4. The Hall–Kier alpha value is -1.43. The zero-order valence-corrected chi connectivity index (χ0v) is 14.6. The number of hydrogen-bond acceptors (Lipinski definition) is 4. The van der Waals surface area contributed by atoms with Crippen LogP contribution in [0.1, 0.15) is 24.5 Å². The van der Waals surface area contributed by atoms with Crippen LogP contribution >= 0.6 is 0 Å². The number of rotatable bonds is 5. The van der Waals surface area contributed by atoms with Crippen LogP contribution < -0.4 is 0 Å². The van der Waals surface area contributed by atoms with E-state index in [1.807, 2.05) is 24.0 Å². The first-order chi connectivity index (χ1) is 11.6. The fraction of sp³-hybridized carbons (Fsp3) is 0.632. The van der Waals surface area contributed by atoms with Gasteiger partial charge in [-0.1, -0.05) is 29.8 Å². The number of carbonyl (C=O) groups is 1. The molecule has 2 saturated heterocycles. The second-order valence-electron chi connectivity index (χ2n) is 6.78. The summed E-state index contributed by atoms with van der Waals surface area (Å²) in [4.78, 5) is 14.9. The van der Waals surface area contributed by atoms with Gasteiger partial charge in [0.1, 0.15) is 0 Å². The number of morpholine rings is 1. The van der Waals surface area contributed by atoms with Crippen molar-refractivity contribution in [2.75, 3.05) is 39.6 Å². The van der Waals surface area contributed by atoms with E-state index in [2.05, 4.69) is 19.1 Å². The van der Waals surface area contributed by atoms with Gasteiger partial charge < -0.3 is 19.1 Å². The van der Waals surface area contributed by atoms with Crippen molar-refractivity contribution >= 4 is 5.91 Å². The Kier molecular flexibility index (Phi) is 5.54. The molecule has 3 rings (SSSR count). The second-order valence-corrected chi connectivity index (χ2v) is 6.78. The van der Waals surface area contributed by atoms with Gasteiger partial charge in [-0.3, -0.25) is 4.79 Å². The molecule has 0 aliphatic carbocycles. The highest BCUT2D eigenvalue weighted by molar-refractivity contribution is 5.80. The molecule has 0 radical (unpaired) electrons. The van der Waals surface area contributed by atoms with Crippen LogP contribution in [0.25, 0.3) is 0 Å². The molecule has 5 heteroatoms. The minimum Gasteiger partial charge on any atom is -0.379 e. The summed E-state index contributed by atoms with van der Waals surface area (Å²) in [5.74, 6) is 0.155. The SMILES string of the molecule is CCOCC1CC2(COCCN2C(=O)Cc2ccc(C)cc2)CO1. The lowest BCUT2D eigenvalue weighted by Crippen LogP contribution is -2.60. The molecular formula is C19H27NO4. The lowest BCUT2D eigenvalue weighted by Gasteiger charge is -2.43. The van der Waals surface area contributed by atoms with Gasteiger partial charge in [0.25, 0.3) is 0 Å². The Bertz CT molecular complexity index is 559. The van der Waals surface area contributed by atoms with Crippen molar-refractivity contribution in [3.63, 3.8) is 0 Å². The average molecular weight is 333 g/mol. The third kappa shape index (κ3) is 3.79. The number of benzene rings is 1. The molecule has 0 bridgehead atoms. The van der Waals surface area contributed by atoms with Crippen molar-refractivity contribution in [1.29, 1.82) is 0 Å². The predicted molar refractivity (Wildman–Crippen MR) is 91.0 cm³/mol. The molecule has 2 unspecified atom stereocenters. The molecule has 2 atom stereocenters. The quantitative estimate of drug-likeness (QED) is 0.826. The molecule has 1 aromatic carbocycles. The van der Waals surface area contributed by atoms with Gasteiger partial charge in [-0.25, -0.2) is 0 Å². The van der Waals surface area contributed by atoms with Crippen LogP contribution in [0, 0.1) is 6.92 Å². The summed E-state index contributed by atoms with van der Waals surface area (Å²) in [6.07, 6.45) is 1.26. The maximum atomic E-state index is 12.9. The van der Waals surface area contributed by atoms with E-state index in [-0.39, 0.29) is 17.6 Å². The summed E-state index contributed by atoms with van der Waals surface area (Å²) >= 11 is 0. The molecule has 1 aromatic rings. The fourth-order valence-electron chi connectivity index (χ4n) is 3.56. The molecular weight excluding hydrogens is 306 g/mol. The number of carbonyl (C=O) groups excluding carboxylic acids is 1. The summed E-state index contributed by atoms with van der Waals surface area (Å²) in [7, 11) is 0. The first-order valence-electron chi connectivity index (χ1n) is 8.76. The van der Waals surface area contributed by atoms with Crippen LogP contribution in [-0.2, 0) is 25.4 Å². The predicted octanol–water partition coefficient (Wildman–Crippen LogP) is 1.96. The van der Waals surface area contributed by atoms with Crippen LogP contribution in [-0.4, -0.2) is 62.0 Å². The molecule has 0 saturated carbocycles. The van der Waals surface area contributed by atoms with E-state index >= 15 is 0 Å². The van der Waals surface area contributed by atoms with E-state index in [0.29, 0.717) is 46.0 Å². The molecule has 5 nitrogen and oxygen atoms in total. The maximum absolute atomic E-state index is 12.9. The fourth-order valence-corrected chi connectivity index (χ4v) is 3.56. The standard InChI is InChI=1S/C19H27NO4/c1-3-22-12-17-11-19(14-24-17)13-23-9-8-20(19)18(21)10-16-6-4-15(2)5-7-16/h4-7,17H,3,8-14H2,1-2H3. The van der Waals surface area contributed by atoms with Gasteiger partial charge in [-0.15, -0.1) is 0 Å². The highest BCUT2D eigenvalue weighted by Gasteiger charge is 2.48. The van der Waals surface area contributed by atoms with Crippen molar-refractivity contribution < 1.29 is 19.0 Å². The number of nitrogens with zero attached hydrogens (tertiary/aromatic N) is 1. The first-order valence-corrected chi connectivity index (χ1v) is 8.76. The Morgan fingerprint density at radius 3 is 2.88 bits per heavy atom. The van der Waals surface area contributed by atoms with Crippen LogP contribution in [0.5, 0.6) is 0 Å². The van der Waals surface area contributed by atoms with Crippen LogP contribution in [0.3, 0.4) is 0 Å². The number of hydrogen-bond donors (Lipinski definition) is 0.